The molecular formula is C23H28Cl2N2O4S. The first-order valence-corrected chi connectivity index (χ1v) is 12.4. The number of fused-ring (bicyclic) bond motifs is 1. The Labute approximate surface area is 202 Å². The van der Waals surface area contributed by atoms with E-state index in [1.54, 1.807) is 6.92 Å². The van der Waals surface area contributed by atoms with Crippen LogP contribution in [0.2, 0.25) is 10.0 Å². The Morgan fingerprint density at radius 2 is 1.91 bits per heavy atom. The number of hydrogen-bond donors (Lipinski definition) is 1. The van der Waals surface area contributed by atoms with E-state index in [1.807, 2.05) is 7.05 Å². The van der Waals surface area contributed by atoms with Gasteiger partial charge in [0.1, 0.15) is 5.00 Å². The molecule has 1 aliphatic heterocycles. The van der Waals surface area contributed by atoms with E-state index >= 15 is 0 Å². The van der Waals surface area contributed by atoms with Gasteiger partial charge in [0, 0.05) is 23.5 Å². The van der Waals surface area contributed by atoms with Gasteiger partial charge in [0.2, 0.25) is 0 Å². The van der Waals surface area contributed by atoms with Crippen molar-refractivity contribution in [3.05, 3.63) is 43.7 Å². The van der Waals surface area contributed by atoms with Crippen molar-refractivity contribution in [2.24, 2.45) is 0 Å². The normalized spacial score (nSPS) is 13.5. The Hall–Kier alpha value is -1.80. The second-order valence-corrected chi connectivity index (χ2v) is 9.61. The van der Waals surface area contributed by atoms with Crippen molar-refractivity contribution >= 4 is 51.4 Å². The van der Waals surface area contributed by atoms with Crippen molar-refractivity contribution in [2.45, 2.75) is 46.1 Å². The molecule has 0 radical (unpaired) electrons. The molecule has 0 saturated carbocycles. The lowest BCUT2D eigenvalue weighted by Gasteiger charge is -2.22. The lowest BCUT2D eigenvalue weighted by Crippen LogP contribution is -2.26. The van der Waals surface area contributed by atoms with Gasteiger partial charge in [-0.25, -0.2) is 4.79 Å². The zero-order chi connectivity index (χ0) is 23.3. The first-order valence-electron chi connectivity index (χ1n) is 10.8. The van der Waals surface area contributed by atoms with Crippen molar-refractivity contribution in [1.29, 1.82) is 0 Å². The summed E-state index contributed by atoms with van der Waals surface area (Å²) in [4.78, 5) is 28.9. The van der Waals surface area contributed by atoms with E-state index < -0.39 is 11.9 Å². The molecule has 0 bridgehead atoms. The van der Waals surface area contributed by atoms with Crippen molar-refractivity contribution in [1.82, 2.24) is 4.90 Å². The molecule has 1 N–H and O–H groups in total. The number of rotatable bonds is 9. The number of amides is 1. The number of benzene rings is 1. The molecule has 0 spiro atoms. The molecule has 32 heavy (non-hydrogen) atoms. The summed E-state index contributed by atoms with van der Waals surface area (Å²) < 4.78 is 11.0. The van der Waals surface area contributed by atoms with Crippen molar-refractivity contribution in [2.75, 3.05) is 32.1 Å². The van der Waals surface area contributed by atoms with Crippen LogP contribution in [-0.2, 0) is 17.7 Å². The summed E-state index contributed by atoms with van der Waals surface area (Å²) in [5.41, 5.74) is 1.69. The van der Waals surface area contributed by atoms with Crippen LogP contribution in [0.25, 0.3) is 0 Å². The minimum atomic E-state index is -0.420. The molecular weight excluding hydrogens is 471 g/mol. The minimum absolute atomic E-state index is 0.266. The standard InChI is InChI=1S/C23H28Cl2N2O4S/c1-4-6-7-10-31-20-16(24)11-14(12-17(20)25)21(28)26-22-19(23(29)30-5-2)15-8-9-27(3)13-18(15)32-22/h11-12H,4-10,13H2,1-3H3,(H,26,28). The molecule has 6 nitrogen and oxygen atoms in total. The highest BCUT2D eigenvalue weighted by molar-refractivity contribution is 7.17. The highest BCUT2D eigenvalue weighted by Gasteiger charge is 2.29. The van der Waals surface area contributed by atoms with Crippen LogP contribution in [0.1, 0.15) is 64.3 Å². The Balaban J connectivity index is 1.83. The maximum atomic E-state index is 13.0. The number of nitrogens with one attached hydrogen (secondary N) is 1. The van der Waals surface area contributed by atoms with Crippen LogP contribution in [0.3, 0.4) is 0 Å². The van der Waals surface area contributed by atoms with Crippen LogP contribution >= 0.6 is 34.5 Å². The van der Waals surface area contributed by atoms with Crippen molar-refractivity contribution < 1.29 is 19.1 Å². The molecule has 2 aromatic rings. The second-order valence-electron chi connectivity index (χ2n) is 7.69. The van der Waals surface area contributed by atoms with Gasteiger partial charge in [-0.05, 0) is 44.5 Å². The molecule has 3 rings (SSSR count). The van der Waals surface area contributed by atoms with E-state index in [-0.39, 0.29) is 16.7 Å². The van der Waals surface area contributed by atoms with E-state index in [1.165, 1.54) is 23.5 Å². The molecule has 1 aromatic carbocycles. The van der Waals surface area contributed by atoms with Gasteiger partial charge in [-0.15, -0.1) is 11.3 Å². The van der Waals surface area contributed by atoms with Crippen LogP contribution in [0, 0.1) is 0 Å². The number of halogens is 2. The predicted molar refractivity (Wildman–Crippen MR) is 130 cm³/mol. The molecule has 0 aliphatic carbocycles. The third-order valence-electron chi connectivity index (χ3n) is 5.21. The predicted octanol–water partition coefficient (Wildman–Crippen LogP) is 6.04. The summed E-state index contributed by atoms with van der Waals surface area (Å²) in [6.45, 7) is 6.22. The first-order chi connectivity index (χ1) is 15.3. The number of anilines is 1. The Morgan fingerprint density at radius 1 is 1.19 bits per heavy atom. The average Bonchev–Trinajstić information content (AvgIpc) is 3.09. The quantitative estimate of drug-likeness (QED) is 0.337. The number of thiophene rings is 1. The van der Waals surface area contributed by atoms with Crippen LogP contribution in [0.15, 0.2) is 12.1 Å². The lowest BCUT2D eigenvalue weighted by molar-refractivity contribution is 0.0526. The number of likely N-dealkylation sites (N-methyl/N-ethyl adjacent to an activating group) is 1. The average molecular weight is 499 g/mol. The number of hydrogen-bond acceptors (Lipinski definition) is 6. The summed E-state index contributed by atoms with van der Waals surface area (Å²) in [7, 11) is 2.03. The summed E-state index contributed by atoms with van der Waals surface area (Å²) in [5.74, 6) is -0.441. The Kier molecular flexibility index (Phi) is 8.82. The monoisotopic (exact) mass is 498 g/mol. The maximum Gasteiger partial charge on any atom is 0.341 e. The summed E-state index contributed by atoms with van der Waals surface area (Å²) in [6.07, 6.45) is 3.77. The minimum Gasteiger partial charge on any atom is -0.490 e. The van der Waals surface area contributed by atoms with E-state index in [4.69, 9.17) is 32.7 Å². The smallest absolute Gasteiger partial charge is 0.341 e. The van der Waals surface area contributed by atoms with Gasteiger partial charge in [-0.2, -0.15) is 0 Å². The van der Waals surface area contributed by atoms with Crippen LogP contribution < -0.4 is 10.1 Å². The Morgan fingerprint density at radius 3 is 2.56 bits per heavy atom. The molecule has 0 saturated heterocycles. The summed E-state index contributed by atoms with van der Waals surface area (Å²) in [6, 6.07) is 3.06. The van der Waals surface area contributed by atoms with Gasteiger partial charge in [-0.1, -0.05) is 43.0 Å². The fourth-order valence-electron chi connectivity index (χ4n) is 3.57. The molecule has 0 fully saturated rings. The third kappa shape index (κ3) is 5.76. The van der Waals surface area contributed by atoms with E-state index in [0.29, 0.717) is 28.5 Å². The SMILES string of the molecule is CCCCCOc1c(Cl)cc(C(=O)Nc2sc3c(c2C(=O)OCC)CCN(C)C3)cc1Cl. The zero-order valence-corrected chi connectivity index (χ0v) is 20.9. The molecule has 9 heteroatoms. The van der Waals surface area contributed by atoms with Gasteiger partial charge >= 0.3 is 5.97 Å². The molecule has 0 unspecified atom stereocenters. The van der Waals surface area contributed by atoms with Crippen LogP contribution in [0.5, 0.6) is 5.75 Å². The number of carbonyl (C=O) groups excluding carboxylic acids is 2. The highest BCUT2D eigenvalue weighted by Crippen LogP contribution is 2.39. The fourth-order valence-corrected chi connectivity index (χ4v) is 5.48. The molecule has 174 valence electrons. The van der Waals surface area contributed by atoms with Gasteiger partial charge in [-0.3, -0.25) is 4.79 Å². The number of unbranched alkanes of at least 4 members (excludes halogenated alkanes) is 2. The van der Waals surface area contributed by atoms with E-state index in [0.717, 1.165) is 49.2 Å². The largest absolute Gasteiger partial charge is 0.490 e. The fraction of sp³-hybridized carbons (Fsp3) is 0.478. The van der Waals surface area contributed by atoms with Crippen molar-refractivity contribution in [3.63, 3.8) is 0 Å². The van der Waals surface area contributed by atoms with Gasteiger partial charge in [0.05, 0.1) is 28.8 Å². The molecule has 1 aromatic heterocycles. The number of esters is 1. The van der Waals surface area contributed by atoms with Crippen LogP contribution in [-0.4, -0.2) is 43.6 Å². The van der Waals surface area contributed by atoms with Gasteiger partial charge in [0.15, 0.2) is 5.75 Å². The molecule has 0 atom stereocenters. The second kappa shape index (κ2) is 11.4. The number of nitrogens with zero attached hydrogens (tertiary/aromatic N) is 1. The Bertz CT molecular complexity index is 970. The zero-order valence-electron chi connectivity index (χ0n) is 18.6. The first kappa shape index (κ1) is 24.8. The molecule has 1 aliphatic rings. The van der Waals surface area contributed by atoms with E-state index in [2.05, 4.69) is 17.1 Å². The van der Waals surface area contributed by atoms with Gasteiger partial charge < -0.3 is 19.7 Å². The highest BCUT2D eigenvalue weighted by atomic mass is 35.5. The summed E-state index contributed by atoms with van der Waals surface area (Å²) in [5, 5.41) is 3.91. The van der Waals surface area contributed by atoms with Crippen molar-refractivity contribution in [3.8, 4) is 5.75 Å². The number of ether oxygens (including phenoxy) is 2. The topological polar surface area (TPSA) is 67.9 Å². The third-order valence-corrected chi connectivity index (χ3v) is 6.90. The van der Waals surface area contributed by atoms with Crippen LogP contribution in [0.4, 0.5) is 5.00 Å². The van der Waals surface area contributed by atoms with Gasteiger partial charge in [0.25, 0.3) is 5.91 Å². The lowest BCUT2D eigenvalue weighted by atomic mass is 10.0. The van der Waals surface area contributed by atoms with E-state index in [9.17, 15) is 9.59 Å². The summed E-state index contributed by atoms with van der Waals surface area (Å²) >= 11 is 14.1. The molecule has 2 heterocycles. The number of carbonyl (C=O) groups is 2. The maximum absolute atomic E-state index is 13.0. The molecule has 1 amide bonds.